The van der Waals surface area contributed by atoms with Gasteiger partial charge in [0.05, 0.1) is 24.0 Å². The summed E-state index contributed by atoms with van der Waals surface area (Å²) in [6.07, 6.45) is 3.25. The van der Waals surface area contributed by atoms with Gasteiger partial charge in [0.1, 0.15) is 12.4 Å². The van der Waals surface area contributed by atoms with E-state index in [1.54, 1.807) is 50.6 Å². The third kappa shape index (κ3) is 7.59. The zero-order valence-corrected chi connectivity index (χ0v) is 19.5. The van der Waals surface area contributed by atoms with Crippen LogP contribution < -0.4 is 25.0 Å². The molecule has 0 aliphatic heterocycles. The number of hydrogen-bond donors (Lipinski definition) is 2. The lowest BCUT2D eigenvalue weighted by atomic mass is 10.2. The van der Waals surface area contributed by atoms with Crippen LogP contribution in [-0.2, 0) is 4.79 Å². The molecule has 0 saturated carbocycles. The number of ether oxygens (including phenoxy) is 3. The zero-order valence-electron chi connectivity index (χ0n) is 17.3. The first-order valence-electron chi connectivity index (χ1n) is 9.33. The van der Waals surface area contributed by atoms with E-state index in [-0.39, 0.29) is 24.8 Å². The lowest BCUT2D eigenvalue weighted by Crippen LogP contribution is -2.29. The Bertz CT molecular complexity index is 945. The van der Waals surface area contributed by atoms with Crippen molar-refractivity contribution in [2.45, 2.75) is 6.42 Å². The Hall–Kier alpha value is -3.08. The molecule has 0 heterocycles. The van der Waals surface area contributed by atoms with Crippen LogP contribution in [0.4, 0.5) is 0 Å². The monoisotopic (exact) mass is 537 g/mol. The van der Waals surface area contributed by atoms with Gasteiger partial charge in [0.2, 0.25) is 5.91 Å². The molecule has 9 heteroatoms. The highest BCUT2D eigenvalue weighted by Gasteiger charge is 2.11. The Labute approximate surface area is 194 Å². The van der Waals surface area contributed by atoms with Gasteiger partial charge in [0.15, 0.2) is 11.5 Å². The molecule has 0 atom stereocenters. The van der Waals surface area contributed by atoms with Gasteiger partial charge >= 0.3 is 0 Å². The van der Waals surface area contributed by atoms with E-state index in [1.807, 2.05) is 6.07 Å². The molecule has 0 radical (unpaired) electrons. The maximum absolute atomic E-state index is 12.1. The zero-order chi connectivity index (χ0) is 22.6. The molecule has 0 fully saturated rings. The fourth-order valence-corrected chi connectivity index (χ4v) is 3.25. The van der Waals surface area contributed by atoms with Gasteiger partial charge in [-0.05, 0) is 64.6 Å². The minimum absolute atomic E-state index is 0.0917. The number of nitrogens with zero attached hydrogens (tertiary/aromatic N) is 1. The van der Waals surface area contributed by atoms with E-state index in [1.165, 1.54) is 6.21 Å². The van der Waals surface area contributed by atoms with Crippen molar-refractivity contribution in [1.29, 1.82) is 0 Å². The van der Waals surface area contributed by atoms with Crippen LogP contribution in [0.25, 0.3) is 0 Å². The molecule has 31 heavy (non-hydrogen) atoms. The van der Waals surface area contributed by atoms with Crippen molar-refractivity contribution in [2.24, 2.45) is 5.10 Å². The van der Waals surface area contributed by atoms with E-state index in [2.05, 4.69) is 45.0 Å². The molecule has 0 spiro atoms. The smallest absolute Gasteiger partial charge is 0.251 e. The Morgan fingerprint density at radius 3 is 2.55 bits per heavy atom. The van der Waals surface area contributed by atoms with Gasteiger partial charge in [-0.1, -0.05) is 12.7 Å². The largest absolute Gasteiger partial charge is 0.497 e. The van der Waals surface area contributed by atoms with Crippen LogP contribution in [0.5, 0.6) is 17.2 Å². The molecule has 2 N–H and O–H groups in total. The topological polar surface area (TPSA) is 98.2 Å². The van der Waals surface area contributed by atoms with E-state index in [9.17, 15) is 9.59 Å². The summed E-state index contributed by atoms with van der Waals surface area (Å²) in [4.78, 5) is 24.0. The fraction of sp³-hybridized carbons (Fsp3) is 0.227. The number of amides is 2. The third-order valence-corrected chi connectivity index (χ3v) is 4.79. The third-order valence-electron chi connectivity index (χ3n) is 3.99. The summed E-state index contributed by atoms with van der Waals surface area (Å²) in [5, 5.41) is 6.65. The van der Waals surface area contributed by atoms with Crippen molar-refractivity contribution >= 4 is 40.6 Å². The molecule has 2 rings (SSSR count). The van der Waals surface area contributed by atoms with Gasteiger partial charge in [0, 0.05) is 18.5 Å². The predicted molar refractivity (Wildman–Crippen MR) is 127 cm³/mol. The van der Waals surface area contributed by atoms with Crippen LogP contribution in [0.3, 0.4) is 0 Å². The number of methoxy groups -OCH3 is 2. The second-order valence-electron chi connectivity index (χ2n) is 6.16. The van der Waals surface area contributed by atoms with Crippen molar-refractivity contribution in [3.8, 4) is 17.2 Å². The summed E-state index contributed by atoms with van der Waals surface area (Å²) in [6.45, 7) is 4.18. The minimum atomic E-state index is -0.320. The van der Waals surface area contributed by atoms with Crippen molar-refractivity contribution < 1.29 is 23.8 Å². The number of hydrogen-bond acceptors (Lipinski definition) is 6. The van der Waals surface area contributed by atoms with E-state index >= 15 is 0 Å². The number of carbonyl (C=O) groups excluding carboxylic acids is 2. The molecule has 0 bridgehead atoms. The SMILES string of the molecule is C=CCOc1c(I)cc(C=NNC(=O)CCNC(=O)c2ccc(OC)cc2)cc1OC. The summed E-state index contributed by atoms with van der Waals surface area (Å²) in [5.74, 6) is 1.26. The van der Waals surface area contributed by atoms with Crippen molar-refractivity contribution in [3.63, 3.8) is 0 Å². The van der Waals surface area contributed by atoms with E-state index in [0.29, 0.717) is 29.4 Å². The fourth-order valence-electron chi connectivity index (χ4n) is 2.47. The highest BCUT2D eigenvalue weighted by atomic mass is 127. The van der Waals surface area contributed by atoms with Gasteiger partial charge in [-0.3, -0.25) is 9.59 Å². The standard InChI is InChI=1S/C22H24IN3O5/c1-4-11-31-21-18(23)12-15(13-19(21)30-3)14-25-26-20(27)9-10-24-22(28)16-5-7-17(29-2)8-6-16/h4-8,12-14H,1,9-11H2,2-3H3,(H,24,28)(H,26,27). The van der Waals surface area contributed by atoms with Gasteiger partial charge in [-0.25, -0.2) is 5.43 Å². The quantitative estimate of drug-likeness (QED) is 0.199. The first-order chi connectivity index (χ1) is 15.0. The molecule has 2 amide bonds. The lowest BCUT2D eigenvalue weighted by Gasteiger charge is -2.12. The predicted octanol–water partition coefficient (Wildman–Crippen LogP) is 3.14. The van der Waals surface area contributed by atoms with Crippen molar-refractivity contribution in [1.82, 2.24) is 10.7 Å². The second kappa shape index (κ2) is 12.6. The Morgan fingerprint density at radius 2 is 1.90 bits per heavy atom. The van der Waals surface area contributed by atoms with Crippen molar-refractivity contribution in [3.05, 3.63) is 63.8 Å². The molecular weight excluding hydrogens is 513 g/mol. The molecule has 0 saturated heterocycles. The highest BCUT2D eigenvalue weighted by Crippen LogP contribution is 2.33. The Morgan fingerprint density at radius 1 is 1.16 bits per heavy atom. The number of hydrazone groups is 1. The first kappa shape index (κ1) is 24.2. The van der Waals surface area contributed by atoms with Gasteiger partial charge < -0.3 is 19.5 Å². The molecule has 0 unspecified atom stereocenters. The first-order valence-corrected chi connectivity index (χ1v) is 10.4. The average Bonchev–Trinajstić information content (AvgIpc) is 2.78. The van der Waals surface area contributed by atoms with Gasteiger partial charge in [0.25, 0.3) is 5.91 Å². The number of nitrogens with one attached hydrogen (secondary N) is 2. The van der Waals surface area contributed by atoms with Crippen LogP contribution in [0.15, 0.2) is 54.2 Å². The van der Waals surface area contributed by atoms with Crippen LogP contribution in [-0.4, -0.2) is 45.4 Å². The number of carbonyl (C=O) groups is 2. The molecule has 2 aromatic carbocycles. The van der Waals surface area contributed by atoms with Crippen LogP contribution in [0.1, 0.15) is 22.3 Å². The lowest BCUT2D eigenvalue weighted by molar-refractivity contribution is -0.120. The molecule has 164 valence electrons. The molecule has 0 aliphatic carbocycles. The van der Waals surface area contributed by atoms with E-state index < -0.39 is 0 Å². The van der Waals surface area contributed by atoms with Crippen LogP contribution in [0, 0.1) is 3.57 Å². The van der Waals surface area contributed by atoms with E-state index in [4.69, 9.17) is 14.2 Å². The number of halogens is 1. The molecule has 0 aromatic heterocycles. The maximum Gasteiger partial charge on any atom is 0.251 e. The molecular formula is C22H24IN3O5. The summed E-state index contributed by atoms with van der Waals surface area (Å²) in [6, 6.07) is 10.3. The normalized spacial score (nSPS) is 10.4. The second-order valence-corrected chi connectivity index (χ2v) is 7.32. The summed E-state index contributed by atoms with van der Waals surface area (Å²) >= 11 is 2.14. The van der Waals surface area contributed by atoms with Crippen molar-refractivity contribution in [2.75, 3.05) is 27.4 Å². The van der Waals surface area contributed by atoms with Crippen LogP contribution in [0.2, 0.25) is 0 Å². The van der Waals surface area contributed by atoms with Gasteiger partial charge in [-0.15, -0.1) is 0 Å². The molecule has 8 nitrogen and oxygen atoms in total. The summed E-state index contributed by atoms with van der Waals surface area (Å²) in [5.41, 5.74) is 3.67. The molecule has 0 aliphatic rings. The summed E-state index contributed by atoms with van der Waals surface area (Å²) < 4.78 is 16.9. The summed E-state index contributed by atoms with van der Waals surface area (Å²) in [7, 11) is 3.11. The minimum Gasteiger partial charge on any atom is -0.497 e. The highest BCUT2D eigenvalue weighted by molar-refractivity contribution is 14.1. The maximum atomic E-state index is 12.1. The van der Waals surface area contributed by atoms with E-state index in [0.717, 1.165) is 9.13 Å². The Balaban J connectivity index is 1.83. The Kier molecular flexibility index (Phi) is 9.82. The molecule has 2 aromatic rings. The number of rotatable bonds is 11. The van der Waals surface area contributed by atoms with Crippen LogP contribution >= 0.6 is 22.6 Å². The number of benzene rings is 2. The average molecular weight is 537 g/mol. The van der Waals surface area contributed by atoms with Gasteiger partial charge in [-0.2, -0.15) is 5.10 Å².